The van der Waals surface area contributed by atoms with Crippen LogP contribution in [0.25, 0.3) is 0 Å². The van der Waals surface area contributed by atoms with E-state index in [4.69, 9.17) is 4.74 Å². The lowest BCUT2D eigenvalue weighted by Crippen LogP contribution is -2.26. The zero-order valence-electron chi connectivity index (χ0n) is 12.0. The first-order chi connectivity index (χ1) is 9.78. The molecular formula is C14H20F3NO3. The van der Waals surface area contributed by atoms with Crippen LogP contribution in [-0.4, -0.2) is 37.3 Å². The van der Waals surface area contributed by atoms with Crippen LogP contribution in [0.1, 0.15) is 13.8 Å². The van der Waals surface area contributed by atoms with Crippen molar-refractivity contribution in [2.45, 2.75) is 26.3 Å². The highest BCUT2D eigenvalue weighted by molar-refractivity contribution is 5.56. The molecule has 0 aliphatic heterocycles. The normalized spacial score (nSPS) is 13.3. The van der Waals surface area contributed by atoms with Crippen LogP contribution in [-0.2, 0) is 4.74 Å². The molecule has 0 bridgehead atoms. The summed E-state index contributed by atoms with van der Waals surface area (Å²) in [5.74, 6) is 0.0198. The molecule has 1 atom stereocenters. The molecule has 0 spiro atoms. The number of hydrogen-bond donors (Lipinski definition) is 2. The van der Waals surface area contributed by atoms with E-state index in [9.17, 15) is 18.3 Å². The van der Waals surface area contributed by atoms with Crippen molar-refractivity contribution < 1.29 is 27.8 Å². The first kappa shape index (κ1) is 17.6. The van der Waals surface area contributed by atoms with E-state index in [0.29, 0.717) is 12.5 Å². The second-order valence-electron chi connectivity index (χ2n) is 5.01. The van der Waals surface area contributed by atoms with Crippen molar-refractivity contribution in [1.82, 2.24) is 0 Å². The Balaban J connectivity index is 2.47. The molecule has 7 heteroatoms. The highest BCUT2D eigenvalue weighted by Crippen LogP contribution is 2.29. The second-order valence-corrected chi connectivity index (χ2v) is 5.01. The zero-order valence-corrected chi connectivity index (χ0v) is 12.0. The molecule has 21 heavy (non-hydrogen) atoms. The molecule has 0 heterocycles. The van der Waals surface area contributed by atoms with Gasteiger partial charge in [0.15, 0.2) is 5.75 Å². The molecule has 0 saturated carbocycles. The monoisotopic (exact) mass is 307 g/mol. The Morgan fingerprint density at radius 3 is 2.48 bits per heavy atom. The third-order valence-corrected chi connectivity index (χ3v) is 2.40. The lowest BCUT2D eigenvalue weighted by molar-refractivity contribution is -0.274. The summed E-state index contributed by atoms with van der Waals surface area (Å²) in [6, 6.07) is 5.67. The number of aliphatic hydroxyl groups excluding tert-OH is 1. The average molecular weight is 307 g/mol. The molecule has 1 aromatic rings. The van der Waals surface area contributed by atoms with Crippen LogP contribution in [0.3, 0.4) is 0 Å². The predicted octanol–water partition coefficient (Wildman–Crippen LogP) is 3.03. The van der Waals surface area contributed by atoms with Crippen LogP contribution >= 0.6 is 0 Å². The van der Waals surface area contributed by atoms with E-state index in [1.165, 1.54) is 18.2 Å². The molecule has 1 unspecified atom stereocenters. The van der Waals surface area contributed by atoms with Gasteiger partial charge in [-0.1, -0.05) is 26.0 Å². The molecule has 0 saturated heterocycles. The van der Waals surface area contributed by atoms with Crippen molar-refractivity contribution in [3.63, 3.8) is 0 Å². The van der Waals surface area contributed by atoms with Gasteiger partial charge in [0, 0.05) is 13.2 Å². The topological polar surface area (TPSA) is 50.7 Å². The van der Waals surface area contributed by atoms with Gasteiger partial charge >= 0.3 is 6.36 Å². The van der Waals surface area contributed by atoms with Gasteiger partial charge in [0.25, 0.3) is 0 Å². The van der Waals surface area contributed by atoms with Crippen LogP contribution in [0, 0.1) is 5.92 Å². The summed E-state index contributed by atoms with van der Waals surface area (Å²) in [6.07, 6.45) is -5.57. The van der Waals surface area contributed by atoms with E-state index < -0.39 is 12.5 Å². The van der Waals surface area contributed by atoms with Crippen molar-refractivity contribution >= 4 is 5.69 Å². The molecule has 1 aromatic carbocycles. The van der Waals surface area contributed by atoms with Gasteiger partial charge in [0.2, 0.25) is 0 Å². The first-order valence-corrected chi connectivity index (χ1v) is 6.62. The number of hydrogen-bond acceptors (Lipinski definition) is 4. The van der Waals surface area contributed by atoms with Crippen LogP contribution in [0.15, 0.2) is 24.3 Å². The van der Waals surface area contributed by atoms with Gasteiger partial charge in [0.05, 0.1) is 18.4 Å². The maximum Gasteiger partial charge on any atom is 0.573 e. The van der Waals surface area contributed by atoms with E-state index in [-0.39, 0.29) is 24.6 Å². The molecule has 4 nitrogen and oxygen atoms in total. The Labute approximate surface area is 121 Å². The van der Waals surface area contributed by atoms with Crippen LogP contribution in [0.4, 0.5) is 18.9 Å². The lowest BCUT2D eigenvalue weighted by Gasteiger charge is -2.17. The molecular weight excluding hydrogens is 287 g/mol. The molecule has 0 radical (unpaired) electrons. The summed E-state index contributed by atoms with van der Waals surface area (Å²) in [6.45, 7) is 4.67. The molecule has 120 valence electrons. The summed E-state index contributed by atoms with van der Waals surface area (Å²) in [5, 5.41) is 12.4. The minimum Gasteiger partial charge on any atom is -0.404 e. The Morgan fingerprint density at radius 2 is 1.86 bits per heavy atom. The molecule has 0 amide bonds. The van der Waals surface area contributed by atoms with Gasteiger partial charge in [-0.15, -0.1) is 13.2 Å². The quantitative estimate of drug-likeness (QED) is 0.775. The summed E-state index contributed by atoms with van der Waals surface area (Å²) in [7, 11) is 0. The molecule has 1 rings (SSSR count). The number of alkyl halides is 3. The SMILES string of the molecule is CC(C)COCC(O)CNc1ccccc1OC(F)(F)F. The maximum atomic E-state index is 12.2. The lowest BCUT2D eigenvalue weighted by atomic mass is 10.2. The van der Waals surface area contributed by atoms with Gasteiger partial charge in [-0.3, -0.25) is 0 Å². The van der Waals surface area contributed by atoms with Crippen molar-refractivity contribution in [3.8, 4) is 5.75 Å². The number of rotatable bonds is 8. The summed E-state index contributed by atoms with van der Waals surface area (Å²) in [4.78, 5) is 0. The minimum atomic E-state index is -4.75. The van der Waals surface area contributed by atoms with Gasteiger partial charge in [-0.2, -0.15) is 0 Å². The Kier molecular flexibility index (Phi) is 6.77. The van der Waals surface area contributed by atoms with Crippen LogP contribution < -0.4 is 10.1 Å². The standard InChI is InChI=1S/C14H20F3NO3/c1-10(2)8-20-9-11(19)7-18-12-5-3-4-6-13(12)21-14(15,16)17/h3-6,10-11,18-19H,7-9H2,1-2H3. The van der Waals surface area contributed by atoms with Crippen molar-refractivity contribution in [2.24, 2.45) is 5.92 Å². The number of halogens is 3. The van der Waals surface area contributed by atoms with Crippen molar-refractivity contribution in [1.29, 1.82) is 0 Å². The largest absolute Gasteiger partial charge is 0.573 e. The second kappa shape index (κ2) is 8.09. The molecule has 0 aliphatic carbocycles. The third-order valence-electron chi connectivity index (χ3n) is 2.40. The van der Waals surface area contributed by atoms with E-state index in [1.54, 1.807) is 6.07 Å². The van der Waals surface area contributed by atoms with Gasteiger partial charge in [0.1, 0.15) is 0 Å². The highest BCUT2D eigenvalue weighted by Gasteiger charge is 2.32. The Morgan fingerprint density at radius 1 is 1.19 bits per heavy atom. The summed E-state index contributed by atoms with van der Waals surface area (Å²) >= 11 is 0. The van der Waals surface area contributed by atoms with Crippen LogP contribution in [0.2, 0.25) is 0 Å². The van der Waals surface area contributed by atoms with E-state index in [0.717, 1.165) is 0 Å². The summed E-state index contributed by atoms with van der Waals surface area (Å²) < 4.78 is 45.9. The first-order valence-electron chi connectivity index (χ1n) is 6.62. The Bertz CT molecular complexity index is 424. The van der Waals surface area contributed by atoms with Crippen molar-refractivity contribution in [3.05, 3.63) is 24.3 Å². The zero-order chi connectivity index (χ0) is 15.9. The Hall–Kier alpha value is -1.47. The smallest absolute Gasteiger partial charge is 0.404 e. The number of para-hydroxylation sites is 2. The number of aliphatic hydroxyl groups is 1. The highest BCUT2D eigenvalue weighted by atomic mass is 19.4. The number of benzene rings is 1. The third kappa shape index (κ3) is 7.77. The number of ether oxygens (including phenoxy) is 2. The molecule has 0 aromatic heterocycles. The molecule has 0 aliphatic rings. The summed E-state index contributed by atoms with van der Waals surface area (Å²) in [5.41, 5.74) is 0.165. The van der Waals surface area contributed by atoms with Gasteiger partial charge < -0.3 is 19.9 Å². The predicted molar refractivity (Wildman–Crippen MR) is 73.3 cm³/mol. The van der Waals surface area contributed by atoms with E-state index in [1.807, 2.05) is 13.8 Å². The van der Waals surface area contributed by atoms with Gasteiger partial charge in [-0.05, 0) is 18.1 Å². The average Bonchev–Trinajstić information content (AvgIpc) is 2.35. The van der Waals surface area contributed by atoms with Crippen LogP contribution in [0.5, 0.6) is 5.75 Å². The van der Waals surface area contributed by atoms with E-state index >= 15 is 0 Å². The molecule has 2 N–H and O–H groups in total. The fraction of sp³-hybridized carbons (Fsp3) is 0.571. The fourth-order valence-corrected chi connectivity index (χ4v) is 1.55. The fourth-order valence-electron chi connectivity index (χ4n) is 1.55. The molecule has 0 fully saturated rings. The number of nitrogens with one attached hydrogen (secondary N) is 1. The van der Waals surface area contributed by atoms with E-state index in [2.05, 4.69) is 10.1 Å². The van der Waals surface area contributed by atoms with Crippen molar-refractivity contribution in [2.75, 3.05) is 25.1 Å². The number of anilines is 1. The minimum absolute atomic E-state index is 0.0658. The van der Waals surface area contributed by atoms with Gasteiger partial charge in [-0.25, -0.2) is 0 Å². The maximum absolute atomic E-state index is 12.2.